The SMILES string of the molecule is CS(=O)(=O)O.CS(=O)(=O)O.Fc1cccc(O[C@H](c2ccccc2)C2CCNCC2)c1. The summed E-state index contributed by atoms with van der Waals surface area (Å²) in [5.74, 6) is 0.795. The van der Waals surface area contributed by atoms with Crippen LogP contribution in [0.15, 0.2) is 54.6 Å². The Labute approximate surface area is 183 Å². The minimum absolute atomic E-state index is 0.0184. The van der Waals surface area contributed by atoms with Crippen LogP contribution in [-0.4, -0.2) is 51.5 Å². The zero-order valence-corrected chi connectivity index (χ0v) is 18.9. The van der Waals surface area contributed by atoms with Gasteiger partial charge in [-0.15, -0.1) is 0 Å². The predicted molar refractivity (Wildman–Crippen MR) is 117 cm³/mol. The molecule has 1 aliphatic rings. The van der Waals surface area contributed by atoms with Crippen molar-refractivity contribution in [2.75, 3.05) is 25.6 Å². The summed E-state index contributed by atoms with van der Waals surface area (Å²) in [6.45, 7) is 2.03. The molecule has 31 heavy (non-hydrogen) atoms. The second-order valence-electron chi connectivity index (χ2n) is 6.96. The number of nitrogens with one attached hydrogen (secondary N) is 1. The summed E-state index contributed by atoms with van der Waals surface area (Å²) in [7, 11) is -7.33. The molecule has 1 heterocycles. The van der Waals surface area contributed by atoms with Crippen molar-refractivity contribution in [3.8, 4) is 5.75 Å². The van der Waals surface area contributed by atoms with Gasteiger partial charge in [0.1, 0.15) is 17.7 Å². The highest BCUT2D eigenvalue weighted by molar-refractivity contribution is 7.85. The van der Waals surface area contributed by atoms with Gasteiger partial charge in [0.05, 0.1) is 12.5 Å². The molecule has 3 rings (SSSR count). The fourth-order valence-corrected chi connectivity index (χ4v) is 2.91. The van der Waals surface area contributed by atoms with E-state index in [0.29, 0.717) is 24.2 Å². The van der Waals surface area contributed by atoms with E-state index in [1.165, 1.54) is 12.1 Å². The van der Waals surface area contributed by atoms with Gasteiger partial charge in [-0.3, -0.25) is 9.11 Å². The van der Waals surface area contributed by atoms with Crippen molar-refractivity contribution in [3.05, 3.63) is 66.0 Å². The first-order chi connectivity index (χ1) is 14.3. The molecule has 1 aliphatic heterocycles. The van der Waals surface area contributed by atoms with E-state index < -0.39 is 20.2 Å². The van der Waals surface area contributed by atoms with E-state index in [9.17, 15) is 21.2 Å². The summed E-state index contributed by atoms with van der Waals surface area (Å²) in [5, 5.41) is 3.38. The zero-order valence-electron chi connectivity index (χ0n) is 17.3. The highest BCUT2D eigenvalue weighted by Crippen LogP contribution is 2.33. The van der Waals surface area contributed by atoms with Crippen LogP contribution in [0.1, 0.15) is 24.5 Å². The molecule has 3 N–H and O–H groups in total. The van der Waals surface area contributed by atoms with Crippen LogP contribution >= 0.6 is 0 Å². The van der Waals surface area contributed by atoms with E-state index in [4.69, 9.17) is 13.8 Å². The number of halogens is 1. The molecule has 0 saturated carbocycles. The average molecular weight is 478 g/mol. The van der Waals surface area contributed by atoms with Crippen molar-refractivity contribution >= 4 is 20.2 Å². The van der Waals surface area contributed by atoms with E-state index >= 15 is 0 Å². The third-order valence-corrected chi connectivity index (χ3v) is 4.00. The van der Waals surface area contributed by atoms with Crippen molar-refractivity contribution < 1.29 is 35.1 Å². The second-order valence-corrected chi connectivity index (χ2v) is 9.89. The number of hydrogen-bond donors (Lipinski definition) is 3. The number of piperidine rings is 1. The molecular formula is C20H28FNO7S2. The summed E-state index contributed by atoms with van der Waals surface area (Å²) in [5.41, 5.74) is 1.16. The summed E-state index contributed by atoms with van der Waals surface area (Å²) < 4.78 is 71.3. The lowest BCUT2D eigenvalue weighted by atomic mass is 9.88. The number of ether oxygens (including phenoxy) is 1. The second kappa shape index (κ2) is 12.7. The maximum absolute atomic E-state index is 13.4. The summed E-state index contributed by atoms with van der Waals surface area (Å²) in [4.78, 5) is 0. The maximum Gasteiger partial charge on any atom is 0.261 e. The van der Waals surface area contributed by atoms with Gasteiger partial charge in [0.2, 0.25) is 0 Å². The van der Waals surface area contributed by atoms with Gasteiger partial charge in [0.15, 0.2) is 0 Å². The van der Waals surface area contributed by atoms with Crippen molar-refractivity contribution in [3.63, 3.8) is 0 Å². The Kier molecular flexibility index (Phi) is 11.1. The van der Waals surface area contributed by atoms with Gasteiger partial charge in [-0.05, 0) is 43.6 Å². The van der Waals surface area contributed by atoms with Gasteiger partial charge < -0.3 is 10.1 Å². The number of rotatable bonds is 4. The molecule has 0 radical (unpaired) electrons. The Bertz CT molecular complexity index is 947. The van der Waals surface area contributed by atoms with Crippen molar-refractivity contribution in [1.82, 2.24) is 5.32 Å². The van der Waals surface area contributed by atoms with Crippen LogP contribution in [0.5, 0.6) is 5.75 Å². The minimum Gasteiger partial charge on any atom is -0.485 e. The molecule has 1 saturated heterocycles. The molecule has 0 aromatic heterocycles. The van der Waals surface area contributed by atoms with E-state index in [1.807, 2.05) is 24.3 Å². The Balaban J connectivity index is 0.000000404. The molecule has 1 atom stereocenters. The standard InChI is InChI=1S/C18H20FNO.2CH4O3S/c19-16-7-4-8-17(13-16)21-18(14-5-2-1-3-6-14)15-9-11-20-12-10-15;2*1-5(2,3)4/h1-8,13,15,18,20H,9-12H2;2*1H3,(H,2,3,4)/t18-;;/m1../s1. The van der Waals surface area contributed by atoms with Crippen LogP contribution in [-0.2, 0) is 20.2 Å². The normalized spacial score (nSPS) is 15.5. The van der Waals surface area contributed by atoms with Crippen LogP contribution in [0.25, 0.3) is 0 Å². The molecule has 0 bridgehead atoms. The highest BCUT2D eigenvalue weighted by atomic mass is 32.2. The lowest BCUT2D eigenvalue weighted by Gasteiger charge is -2.31. The van der Waals surface area contributed by atoms with Crippen LogP contribution in [0.3, 0.4) is 0 Å². The van der Waals surface area contributed by atoms with Gasteiger partial charge in [0.25, 0.3) is 20.2 Å². The summed E-state index contributed by atoms with van der Waals surface area (Å²) in [6, 6.07) is 16.6. The van der Waals surface area contributed by atoms with Crippen molar-refractivity contribution in [2.24, 2.45) is 5.92 Å². The molecule has 0 spiro atoms. The Morgan fingerprint density at radius 2 is 1.45 bits per heavy atom. The molecule has 1 fully saturated rings. The largest absolute Gasteiger partial charge is 0.485 e. The monoisotopic (exact) mass is 477 g/mol. The third kappa shape index (κ3) is 14.6. The van der Waals surface area contributed by atoms with Crippen LogP contribution in [0.4, 0.5) is 4.39 Å². The fourth-order valence-electron chi connectivity index (χ4n) is 2.91. The van der Waals surface area contributed by atoms with E-state index in [2.05, 4.69) is 17.4 Å². The molecular weight excluding hydrogens is 449 g/mol. The third-order valence-electron chi connectivity index (χ3n) is 4.00. The Morgan fingerprint density at radius 3 is 1.94 bits per heavy atom. The summed E-state index contributed by atoms with van der Waals surface area (Å²) >= 11 is 0. The summed E-state index contributed by atoms with van der Waals surface area (Å²) in [6.07, 6.45) is 3.57. The molecule has 0 aliphatic carbocycles. The molecule has 174 valence electrons. The number of hydrogen-bond acceptors (Lipinski definition) is 6. The van der Waals surface area contributed by atoms with Gasteiger partial charge in [-0.2, -0.15) is 16.8 Å². The molecule has 2 aromatic carbocycles. The average Bonchev–Trinajstić information content (AvgIpc) is 2.65. The Hall–Kier alpha value is -2.05. The fraction of sp³-hybridized carbons (Fsp3) is 0.400. The maximum atomic E-state index is 13.4. The van der Waals surface area contributed by atoms with Gasteiger partial charge in [-0.25, -0.2) is 4.39 Å². The van der Waals surface area contributed by atoms with Crippen molar-refractivity contribution in [1.29, 1.82) is 0 Å². The van der Waals surface area contributed by atoms with Crippen LogP contribution < -0.4 is 10.1 Å². The van der Waals surface area contributed by atoms with Crippen molar-refractivity contribution in [2.45, 2.75) is 18.9 Å². The number of benzene rings is 2. The highest BCUT2D eigenvalue weighted by Gasteiger charge is 2.26. The van der Waals surface area contributed by atoms with Crippen LogP contribution in [0.2, 0.25) is 0 Å². The minimum atomic E-state index is -3.67. The van der Waals surface area contributed by atoms with Gasteiger partial charge >= 0.3 is 0 Å². The molecule has 0 amide bonds. The first-order valence-electron chi connectivity index (χ1n) is 9.35. The quantitative estimate of drug-likeness (QED) is 0.573. The molecule has 11 heteroatoms. The zero-order chi connectivity index (χ0) is 23.5. The van der Waals surface area contributed by atoms with E-state index in [1.54, 1.807) is 6.07 Å². The van der Waals surface area contributed by atoms with E-state index in [0.717, 1.165) is 31.5 Å². The molecule has 2 aromatic rings. The lowest BCUT2D eigenvalue weighted by Crippen LogP contribution is -2.32. The van der Waals surface area contributed by atoms with E-state index in [-0.39, 0.29) is 11.9 Å². The molecule has 8 nitrogen and oxygen atoms in total. The van der Waals surface area contributed by atoms with Gasteiger partial charge in [0, 0.05) is 12.0 Å². The first kappa shape index (κ1) is 27.0. The first-order valence-corrected chi connectivity index (χ1v) is 13.1. The smallest absolute Gasteiger partial charge is 0.261 e. The predicted octanol–water partition coefficient (Wildman–Crippen LogP) is 2.95. The van der Waals surface area contributed by atoms with Gasteiger partial charge in [-0.1, -0.05) is 36.4 Å². The lowest BCUT2D eigenvalue weighted by molar-refractivity contribution is 0.112. The van der Waals surface area contributed by atoms with Crippen LogP contribution in [0, 0.1) is 11.7 Å². The Morgan fingerprint density at radius 1 is 0.935 bits per heavy atom. The molecule has 0 unspecified atom stereocenters. The topological polar surface area (TPSA) is 130 Å².